The molecule has 8 heteroatoms. The SMILES string of the molecule is N[C@H]1CC[C@H](C(=O)N[C@H]2CC[C@@H](CC(=O)O)OB2O)CC1. The van der Waals surface area contributed by atoms with Crippen molar-refractivity contribution < 1.29 is 24.4 Å². The zero-order chi connectivity index (χ0) is 15.4. The molecular weight excluding hydrogens is 275 g/mol. The molecule has 0 unspecified atom stereocenters. The minimum atomic E-state index is -1.14. The van der Waals surface area contributed by atoms with Crippen LogP contribution in [0.3, 0.4) is 0 Å². The molecule has 0 bridgehead atoms. The molecule has 0 aromatic rings. The van der Waals surface area contributed by atoms with Gasteiger partial charge in [-0.05, 0) is 38.5 Å². The van der Waals surface area contributed by atoms with Gasteiger partial charge in [0, 0.05) is 12.0 Å². The Labute approximate surface area is 124 Å². The van der Waals surface area contributed by atoms with Gasteiger partial charge in [0.05, 0.1) is 18.5 Å². The number of hydrogen-bond donors (Lipinski definition) is 4. The maximum atomic E-state index is 12.2. The van der Waals surface area contributed by atoms with Gasteiger partial charge in [-0.25, -0.2) is 0 Å². The summed E-state index contributed by atoms with van der Waals surface area (Å²) in [6, 6.07) is 0.189. The second kappa shape index (κ2) is 7.24. The fourth-order valence-corrected chi connectivity index (χ4v) is 3.04. The lowest BCUT2D eigenvalue weighted by Gasteiger charge is -2.32. The standard InChI is InChI=1S/C13H23BN2O5/c15-9-3-1-8(2-4-9)13(19)16-11-6-5-10(7-12(17)18)21-14(11)20/h8-11,20H,1-7,15H2,(H,16,19)(H,17,18)/t8-,9-,10-,11-/m0/s1. The zero-order valence-corrected chi connectivity index (χ0v) is 12.0. The number of hydrogen-bond acceptors (Lipinski definition) is 5. The number of nitrogens with one attached hydrogen (secondary N) is 1. The summed E-state index contributed by atoms with van der Waals surface area (Å²) in [7, 11) is -1.14. The topological polar surface area (TPSA) is 122 Å². The fraction of sp³-hybridized carbons (Fsp3) is 0.846. The minimum absolute atomic E-state index is 0.0475. The number of carboxylic acid groups (broad SMARTS) is 1. The van der Waals surface area contributed by atoms with E-state index in [1.54, 1.807) is 0 Å². The Morgan fingerprint density at radius 2 is 1.86 bits per heavy atom. The summed E-state index contributed by atoms with van der Waals surface area (Å²) in [6.45, 7) is 0. The largest absolute Gasteiger partial charge is 0.481 e. The van der Waals surface area contributed by atoms with Crippen LogP contribution in [-0.4, -0.2) is 47.2 Å². The monoisotopic (exact) mass is 298 g/mol. The lowest BCUT2D eigenvalue weighted by Crippen LogP contribution is -2.54. The van der Waals surface area contributed by atoms with Crippen molar-refractivity contribution in [3.05, 3.63) is 0 Å². The van der Waals surface area contributed by atoms with Crippen LogP contribution in [-0.2, 0) is 14.2 Å². The van der Waals surface area contributed by atoms with Crippen molar-refractivity contribution in [2.75, 3.05) is 0 Å². The van der Waals surface area contributed by atoms with Crippen LogP contribution in [0, 0.1) is 5.92 Å². The molecule has 1 amide bonds. The van der Waals surface area contributed by atoms with Crippen molar-refractivity contribution in [2.24, 2.45) is 11.7 Å². The molecule has 2 rings (SSSR count). The molecule has 2 fully saturated rings. The van der Waals surface area contributed by atoms with Gasteiger partial charge in [0.15, 0.2) is 0 Å². The maximum Gasteiger partial charge on any atom is 0.478 e. The molecule has 1 aliphatic heterocycles. The molecule has 0 radical (unpaired) electrons. The van der Waals surface area contributed by atoms with Crippen LogP contribution in [0.5, 0.6) is 0 Å². The Kier molecular flexibility index (Phi) is 5.61. The molecule has 0 spiro atoms. The van der Waals surface area contributed by atoms with E-state index in [9.17, 15) is 14.6 Å². The third kappa shape index (κ3) is 4.69. The highest BCUT2D eigenvalue weighted by molar-refractivity contribution is 6.45. The molecule has 2 atom stereocenters. The molecule has 0 aromatic heterocycles. The molecule has 1 saturated heterocycles. The van der Waals surface area contributed by atoms with Crippen molar-refractivity contribution in [1.82, 2.24) is 5.32 Å². The molecular formula is C13H23BN2O5. The van der Waals surface area contributed by atoms with Crippen LogP contribution >= 0.6 is 0 Å². The smallest absolute Gasteiger partial charge is 0.478 e. The van der Waals surface area contributed by atoms with E-state index >= 15 is 0 Å². The normalized spacial score (nSPS) is 33.5. The number of amides is 1. The Morgan fingerprint density at radius 3 is 2.43 bits per heavy atom. The van der Waals surface area contributed by atoms with Gasteiger partial charge in [0.25, 0.3) is 0 Å². The van der Waals surface area contributed by atoms with Gasteiger partial charge in [-0.3, -0.25) is 9.59 Å². The third-order valence-electron chi connectivity index (χ3n) is 4.35. The van der Waals surface area contributed by atoms with Gasteiger partial charge in [0.1, 0.15) is 0 Å². The molecule has 7 nitrogen and oxygen atoms in total. The maximum absolute atomic E-state index is 12.2. The number of nitrogens with two attached hydrogens (primary N) is 1. The summed E-state index contributed by atoms with van der Waals surface area (Å²) < 4.78 is 5.26. The summed E-state index contributed by atoms with van der Waals surface area (Å²) in [4.78, 5) is 22.8. The van der Waals surface area contributed by atoms with E-state index in [4.69, 9.17) is 15.5 Å². The first-order valence-electron chi connectivity index (χ1n) is 7.57. The van der Waals surface area contributed by atoms with Crippen LogP contribution in [0.4, 0.5) is 0 Å². The van der Waals surface area contributed by atoms with Gasteiger partial charge in [-0.1, -0.05) is 0 Å². The molecule has 1 saturated carbocycles. The van der Waals surface area contributed by atoms with E-state index in [1.807, 2.05) is 0 Å². The second-order valence-corrected chi connectivity index (χ2v) is 6.05. The van der Waals surface area contributed by atoms with Crippen molar-refractivity contribution >= 4 is 19.0 Å². The predicted octanol–water partition coefficient (Wildman–Crippen LogP) is -0.338. The molecule has 5 N–H and O–H groups in total. The summed E-state index contributed by atoms with van der Waals surface area (Å²) in [5.41, 5.74) is 5.82. The molecule has 1 heterocycles. The van der Waals surface area contributed by atoms with Crippen molar-refractivity contribution in [2.45, 2.75) is 63.0 Å². The van der Waals surface area contributed by atoms with E-state index in [0.717, 1.165) is 25.7 Å². The fourth-order valence-electron chi connectivity index (χ4n) is 3.04. The second-order valence-electron chi connectivity index (χ2n) is 6.05. The van der Waals surface area contributed by atoms with E-state index < -0.39 is 25.1 Å². The van der Waals surface area contributed by atoms with E-state index in [0.29, 0.717) is 12.8 Å². The Hall–Kier alpha value is -1.12. The van der Waals surface area contributed by atoms with Crippen LogP contribution < -0.4 is 11.1 Å². The highest BCUT2D eigenvalue weighted by Crippen LogP contribution is 2.24. The summed E-state index contributed by atoms with van der Waals surface area (Å²) >= 11 is 0. The van der Waals surface area contributed by atoms with Gasteiger partial charge < -0.3 is 25.8 Å². The average molecular weight is 298 g/mol. The Bertz CT molecular complexity index is 387. The van der Waals surface area contributed by atoms with Gasteiger partial charge in [0.2, 0.25) is 5.91 Å². The molecule has 1 aliphatic carbocycles. The molecule has 21 heavy (non-hydrogen) atoms. The number of carbonyl (C=O) groups excluding carboxylic acids is 1. The number of rotatable bonds is 4. The van der Waals surface area contributed by atoms with Crippen LogP contribution in [0.1, 0.15) is 44.9 Å². The Morgan fingerprint density at radius 1 is 1.19 bits per heavy atom. The summed E-state index contributed by atoms with van der Waals surface area (Å²) in [6.07, 6.45) is 3.68. The highest BCUT2D eigenvalue weighted by atomic mass is 16.5. The molecule has 2 aliphatic rings. The van der Waals surface area contributed by atoms with Crippen molar-refractivity contribution in [3.8, 4) is 0 Å². The van der Waals surface area contributed by atoms with E-state index in [-0.39, 0.29) is 24.3 Å². The van der Waals surface area contributed by atoms with Gasteiger partial charge >= 0.3 is 13.1 Å². The highest BCUT2D eigenvalue weighted by Gasteiger charge is 2.38. The first-order chi connectivity index (χ1) is 9.95. The van der Waals surface area contributed by atoms with E-state index in [2.05, 4.69) is 5.32 Å². The average Bonchev–Trinajstić information content (AvgIpc) is 2.42. The van der Waals surface area contributed by atoms with Gasteiger partial charge in [-0.2, -0.15) is 0 Å². The zero-order valence-electron chi connectivity index (χ0n) is 12.0. The van der Waals surface area contributed by atoms with Crippen molar-refractivity contribution in [1.29, 1.82) is 0 Å². The lowest BCUT2D eigenvalue weighted by atomic mass is 9.72. The minimum Gasteiger partial charge on any atom is -0.481 e. The van der Waals surface area contributed by atoms with Crippen LogP contribution in [0.25, 0.3) is 0 Å². The summed E-state index contributed by atoms with van der Waals surface area (Å²) in [5, 5.41) is 21.4. The number of aliphatic carboxylic acids is 1. The third-order valence-corrected chi connectivity index (χ3v) is 4.35. The molecule has 118 valence electrons. The Balaban J connectivity index is 1.78. The number of carbonyl (C=O) groups is 2. The molecule has 0 aromatic carbocycles. The van der Waals surface area contributed by atoms with Crippen LogP contribution in [0.15, 0.2) is 0 Å². The lowest BCUT2D eigenvalue weighted by molar-refractivity contribution is -0.139. The van der Waals surface area contributed by atoms with E-state index in [1.165, 1.54) is 0 Å². The first kappa shape index (κ1) is 16.3. The predicted molar refractivity (Wildman–Crippen MR) is 76.2 cm³/mol. The first-order valence-corrected chi connectivity index (χ1v) is 7.57. The quantitative estimate of drug-likeness (QED) is 0.527. The van der Waals surface area contributed by atoms with Crippen LogP contribution in [0.2, 0.25) is 0 Å². The van der Waals surface area contributed by atoms with Crippen molar-refractivity contribution in [3.63, 3.8) is 0 Å². The number of carboxylic acids is 1. The summed E-state index contributed by atoms with van der Waals surface area (Å²) in [5.74, 6) is -1.52. The van der Waals surface area contributed by atoms with Gasteiger partial charge in [-0.15, -0.1) is 0 Å².